The molecule has 0 N–H and O–H groups in total. The van der Waals surface area contributed by atoms with Gasteiger partial charge in [0.15, 0.2) is 0 Å². The van der Waals surface area contributed by atoms with E-state index in [9.17, 15) is 9.59 Å². The molecule has 1 unspecified atom stereocenters. The first-order valence-electron chi connectivity index (χ1n) is 13.6. The fourth-order valence-corrected chi connectivity index (χ4v) is 6.20. The number of amides is 2. The van der Waals surface area contributed by atoms with Crippen LogP contribution in [0.4, 0.5) is 0 Å². The molecule has 0 radical (unpaired) electrons. The predicted octanol–water partition coefficient (Wildman–Crippen LogP) is 5.37. The predicted molar refractivity (Wildman–Crippen MR) is 157 cm³/mol. The van der Waals surface area contributed by atoms with Gasteiger partial charge in [-0.15, -0.1) is 11.3 Å². The number of methoxy groups -OCH3 is 1. The van der Waals surface area contributed by atoms with Gasteiger partial charge in [0.05, 0.1) is 35.3 Å². The molecule has 8 nitrogen and oxygen atoms in total. The Morgan fingerprint density at radius 2 is 1.80 bits per heavy atom. The second-order valence-corrected chi connectivity index (χ2v) is 11.2. The van der Waals surface area contributed by atoms with Crippen LogP contribution in [0, 0.1) is 6.92 Å². The number of hydrogen-bond donors (Lipinski definition) is 0. The summed E-state index contributed by atoms with van der Waals surface area (Å²) in [5, 5.41) is 7.29. The van der Waals surface area contributed by atoms with Gasteiger partial charge in [-0.25, -0.2) is 9.67 Å². The monoisotopic (exact) mass is 557 g/mol. The molecule has 5 rings (SSSR count). The van der Waals surface area contributed by atoms with Gasteiger partial charge in [0.2, 0.25) is 0 Å². The third-order valence-corrected chi connectivity index (χ3v) is 8.81. The zero-order valence-corrected chi connectivity index (χ0v) is 24.2. The van der Waals surface area contributed by atoms with Crippen molar-refractivity contribution in [2.75, 3.05) is 27.2 Å². The second kappa shape index (κ2) is 12.0. The third kappa shape index (κ3) is 5.65. The van der Waals surface area contributed by atoms with Crippen molar-refractivity contribution in [1.82, 2.24) is 24.6 Å². The highest BCUT2D eigenvalue weighted by molar-refractivity contribution is 7.09. The molecule has 1 aliphatic rings. The molecule has 208 valence electrons. The van der Waals surface area contributed by atoms with Crippen LogP contribution in [0.5, 0.6) is 5.75 Å². The number of benzene rings is 2. The maximum Gasteiger partial charge on any atom is 0.273 e. The van der Waals surface area contributed by atoms with Gasteiger partial charge in [-0.05, 0) is 56.9 Å². The Hall–Kier alpha value is -3.98. The molecule has 1 fully saturated rings. The van der Waals surface area contributed by atoms with Gasteiger partial charge in [-0.2, -0.15) is 5.10 Å². The van der Waals surface area contributed by atoms with Crippen LogP contribution in [0.1, 0.15) is 62.8 Å². The molecule has 2 aromatic carbocycles. The standard InChI is InChI=1S/C31H35N5O3S/c1-21(18-24-10-8-9-13-28(24)39-4)34(3)31(38)27-20-40-29(33-27)23-14-16-35(17-15-23)30(37)26-19-32-36(22(26)2)25-11-6-5-7-12-25/h5-13,19-21,23H,14-18H2,1-4H3. The fraction of sp³-hybridized carbons (Fsp3) is 0.355. The summed E-state index contributed by atoms with van der Waals surface area (Å²) in [6, 6.07) is 17.7. The Balaban J connectivity index is 1.18. The summed E-state index contributed by atoms with van der Waals surface area (Å²) in [6.45, 7) is 5.27. The largest absolute Gasteiger partial charge is 0.496 e. The number of rotatable bonds is 8. The van der Waals surface area contributed by atoms with Crippen molar-refractivity contribution in [2.24, 2.45) is 0 Å². The first-order chi connectivity index (χ1) is 19.4. The highest BCUT2D eigenvalue weighted by Crippen LogP contribution is 2.32. The molecule has 4 aromatic rings. The van der Waals surface area contributed by atoms with E-state index in [4.69, 9.17) is 9.72 Å². The van der Waals surface area contributed by atoms with Crippen molar-refractivity contribution in [3.05, 3.63) is 93.7 Å². The number of thiazole rings is 1. The highest BCUT2D eigenvalue weighted by Gasteiger charge is 2.29. The summed E-state index contributed by atoms with van der Waals surface area (Å²) in [5.41, 5.74) is 3.96. The zero-order valence-electron chi connectivity index (χ0n) is 23.4. The molecular weight excluding hydrogens is 522 g/mol. The van der Waals surface area contributed by atoms with E-state index in [1.165, 1.54) is 11.3 Å². The summed E-state index contributed by atoms with van der Waals surface area (Å²) in [6.07, 6.45) is 4.00. The summed E-state index contributed by atoms with van der Waals surface area (Å²) in [5.74, 6) is 0.999. The molecule has 2 amide bonds. The summed E-state index contributed by atoms with van der Waals surface area (Å²) in [7, 11) is 3.49. The summed E-state index contributed by atoms with van der Waals surface area (Å²) >= 11 is 1.54. The smallest absolute Gasteiger partial charge is 0.273 e. The van der Waals surface area contributed by atoms with E-state index < -0.39 is 0 Å². The maximum atomic E-state index is 13.3. The highest BCUT2D eigenvalue weighted by atomic mass is 32.1. The molecule has 1 atom stereocenters. The van der Waals surface area contributed by atoms with Crippen molar-refractivity contribution < 1.29 is 14.3 Å². The van der Waals surface area contributed by atoms with Gasteiger partial charge in [-0.3, -0.25) is 9.59 Å². The number of aromatic nitrogens is 3. The number of likely N-dealkylation sites (tertiary alicyclic amines) is 1. The number of hydrogen-bond acceptors (Lipinski definition) is 6. The number of nitrogens with zero attached hydrogens (tertiary/aromatic N) is 5. The molecule has 3 heterocycles. The Bertz CT molecular complexity index is 1470. The van der Waals surface area contributed by atoms with Crippen LogP contribution in [0.2, 0.25) is 0 Å². The minimum absolute atomic E-state index is 0.0128. The lowest BCUT2D eigenvalue weighted by Gasteiger charge is -2.31. The van der Waals surface area contributed by atoms with Crippen molar-refractivity contribution in [1.29, 1.82) is 0 Å². The number of piperidine rings is 1. The molecule has 1 aliphatic heterocycles. The van der Waals surface area contributed by atoms with Gasteiger partial charge < -0.3 is 14.5 Å². The maximum absolute atomic E-state index is 13.3. The normalized spacial score (nSPS) is 14.7. The quantitative estimate of drug-likeness (QED) is 0.291. The summed E-state index contributed by atoms with van der Waals surface area (Å²) in [4.78, 5) is 35.0. The van der Waals surface area contributed by atoms with Crippen LogP contribution in [0.15, 0.2) is 66.2 Å². The molecular formula is C31H35N5O3S. The van der Waals surface area contributed by atoms with E-state index in [1.54, 1.807) is 18.2 Å². The average Bonchev–Trinajstić information content (AvgIpc) is 3.64. The van der Waals surface area contributed by atoms with Crippen molar-refractivity contribution in [2.45, 2.75) is 45.1 Å². The number of ether oxygens (including phenoxy) is 1. The molecule has 0 aliphatic carbocycles. The Morgan fingerprint density at radius 3 is 2.52 bits per heavy atom. The van der Waals surface area contributed by atoms with Gasteiger partial charge in [-0.1, -0.05) is 36.4 Å². The first-order valence-corrected chi connectivity index (χ1v) is 14.5. The van der Waals surface area contributed by atoms with E-state index in [0.29, 0.717) is 30.8 Å². The van der Waals surface area contributed by atoms with E-state index in [2.05, 4.69) is 5.10 Å². The minimum atomic E-state index is -0.0802. The molecule has 1 saturated heterocycles. The topological polar surface area (TPSA) is 80.6 Å². The number of carbonyl (C=O) groups is 2. The van der Waals surface area contributed by atoms with Crippen molar-refractivity contribution >= 4 is 23.2 Å². The number of carbonyl (C=O) groups excluding carboxylic acids is 2. The van der Waals surface area contributed by atoms with Crippen LogP contribution in [0.3, 0.4) is 0 Å². The Kier molecular flexibility index (Phi) is 8.30. The lowest BCUT2D eigenvalue weighted by atomic mass is 9.97. The Morgan fingerprint density at radius 1 is 1.10 bits per heavy atom. The first kappa shape index (κ1) is 27.6. The SMILES string of the molecule is COc1ccccc1CC(C)N(C)C(=O)c1csc(C2CCN(C(=O)c3cnn(-c4ccccc4)c3C)CC2)n1. The molecule has 0 saturated carbocycles. The number of likely N-dealkylation sites (N-methyl/N-ethyl adjacent to an activating group) is 1. The lowest BCUT2D eigenvalue weighted by Crippen LogP contribution is -2.38. The zero-order chi connectivity index (χ0) is 28.2. The lowest BCUT2D eigenvalue weighted by molar-refractivity contribution is 0.0712. The van der Waals surface area contributed by atoms with E-state index in [0.717, 1.165) is 40.5 Å². The molecule has 9 heteroatoms. The molecule has 0 spiro atoms. The minimum Gasteiger partial charge on any atom is -0.496 e. The second-order valence-electron chi connectivity index (χ2n) is 10.3. The van der Waals surface area contributed by atoms with Crippen LogP contribution >= 0.6 is 11.3 Å². The molecule has 0 bridgehead atoms. The van der Waals surface area contributed by atoms with Gasteiger partial charge in [0.25, 0.3) is 11.8 Å². The molecule has 2 aromatic heterocycles. The van der Waals surface area contributed by atoms with Crippen LogP contribution in [-0.2, 0) is 6.42 Å². The fourth-order valence-electron chi connectivity index (χ4n) is 5.23. The van der Waals surface area contributed by atoms with Crippen LogP contribution in [0.25, 0.3) is 5.69 Å². The third-order valence-electron chi connectivity index (χ3n) is 7.80. The van der Waals surface area contributed by atoms with Gasteiger partial charge >= 0.3 is 0 Å². The van der Waals surface area contributed by atoms with E-state index in [1.807, 2.05) is 90.5 Å². The average molecular weight is 558 g/mol. The van der Waals surface area contributed by atoms with E-state index >= 15 is 0 Å². The van der Waals surface area contributed by atoms with Crippen LogP contribution in [-0.4, -0.2) is 69.7 Å². The van der Waals surface area contributed by atoms with Crippen LogP contribution < -0.4 is 4.74 Å². The van der Waals surface area contributed by atoms with Crippen molar-refractivity contribution in [3.8, 4) is 11.4 Å². The Labute approximate surface area is 239 Å². The van der Waals surface area contributed by atoms with Gasteiger partial charge in [0, 0.05) is 37.5 Å². The van der Waals surface area contributed by atoms with Gasteiger partial charge in [0.1, 0.15) is 11.4 Å². The van der Waals surface area contributed by atoms with Crippen molar-refractivity contribution in [3.63, 3.8) is 0 Å². The molecule has 40 heavy (non-hydrogen) atoms. The number of para-hydroxylation sites is 2. The summed E-state index contributed by atoms with van der Waals surface area (Å²) < 4.78 is 7.28. The van der Waals surface area contributed by atoms with E-state index in [-0.39, 0.29) is 23.8 Å².